The maximum atomic E-state index is 13.6. The zero-order valence-corrected chi connectivity index (χ0v) is 20.6. The first-order valence-corrected chi connectivity index (χ1v) is 12.3. The second-order valence-corrected chi connectivity index (χ2v) is 9.99. The Hall–Kier alpha value is -3.01. The number of amides is 1. The van der Waals surface area contributed by atoms with Crippen LogP contribution in [0.3, 0.4) is 0 Å². The number of hydrazone groups is 1. The largest absolute Gasteiger partial charge is 0.495 e. The third-order valence-corrected chi connectivity index (χ3v) is 7.29. The molecule has 0 fully saturated rings. The standard InChI is InChI=1S/C24H24BrN3O4S/c1-18-12-13-22(32-2)23(14-18)33(30,31)28(16-19-8-4-3-5-9-19)17-24(29)27-26-15-20-10-6-7-11-21(20)25/h3-15H,16-17H2,1-2H3,(H,27,29)/b26-15+. The average molecular weight is 530 g/mol. The van der Waals surface area contributed by atoms with Crippen molar-refractivity contribution in [3.05, 3.63) is 94.0 Å². The number of nitrogens with zero attached hydrogens (tertiary/aromatic N) is 2. The third kappa shape index (κ3) is 6.50. The van der Waals surface area contributed by atoms with Crippen molar-refractivity contribution in [3.8, 4) is 5.75 Å². The number of hydrogen-bond acceptors (Lipinski definition) is 5. The fraction of sp³-hybridized carbons (Fsp3) is 0.167. The predicted molar refractivity (Wildman–Crippen MR) is 132 cm³/mol. The van der Waals surface area contributed by atoms with Crippen molar-refractivity contribution >= 4 is 38.1 Å². The number of methoxy groups -OCH3 is 1. The number of ether oxygens (including phenoxy) is 1. The minimum absolute atomic E-state index is 0.00504. The molecule has 0 atom stereocenters. The van der Waals surface area contributed by atoms with Crippen molar-refractivity contribution in [2.24, 2.45) is 5.10 Å². The van der Waals surface area contributed by atoms with Crippen LogP contribution in [0.15, 0.2) is 87.3 Å². The quantitative estimate of drug-likeness (QED) is 0.333. The van der Waals surface area contributed by atoms with Gasteiger partial charge < -0.3 is 4.74 Å². The van der Waals surface area contributed by atoms with Gasteiger partial charge in [0.15, 0.2) is 0 Å². The Bertz CT molecular complexity index is 1250. The summed E-state index contributed by atoms with van der Waals surface area (Å²) in [5.41, 5.74) is 4.69. The Kier molecular flexibility index (Phi) is 8.37. The van der Waals surface area contributed by atoms with E-state index in [4.69, 9.17) is 4.74 Å². The van der Waals surface area contributed by atoms with Gasteiger partial charge in [0.1, 0.15) is 10.6 Å². The maximum Gasteiger partial charge on any atom is 0.255 e. The van der Waals surface area contributed by atoms with Crippen LogP contribution in [0.5, 0.6) is 5.75 Å². The lowest BCUT2D eigenvalue weighted by Gasteiger charge is -2.23. The summed E-state index contributed by atoms with van der Waals surface area (Å²) in [6.45, 7) is 1.40. The number of carbonyl (C=O) groups excluding carboxylic acids is 1. The molecule has 0 spiro atoms. The van der Waals surface area contributed by atoms with E-state index < -0.39 is 22.5 Å². The molecule has 0 bridgehead atoms. The molecule has 1 N–H and O–H groups in total. The summed E-state index contributed by atoms with van der Waals surface area (Å²) in [5.74, 6) is -0.351. The smallest absolute Gasteiger partial charge is 0.255 e. The second-order valence-electron chi connectivity index (χ2n) is 7.23. The Balaban J connectivity index is 1.86. The molecule has 0 aliphatic carbocycles. The predicted octanol–water partition coefficient (Wildman–Crippen LogP) is 4.11. The summed E-state index contributed by atoms with van der Waals surface area (Å²) in [5, 5.41) is 3.96. The van der Waals surface area contributed by atoms with Crippen LogP contribution >= 0.6 is 15.9 Å². The van der Waals surface area contributed by atoms with Crippen LogP contribution in [0, 0.1) is 6.92 Å². The van der Waals surface area contributed by atoms with Crippen LogP contribution in [0.25, 0.3) is 0 Å². The first-order chi connectivity index (χ1) is 15.8. The summed E-state index contributed by atoms with van der Waals surface area (Å²) >= 11 is 3.41. The van der Waals surface area contributed by atoms with E-state index in [1.807, 2.05) is 42.5 Å². The highest BCUT2D eigenvalue weighted by Crippen LogP contribution is 2.28. The minimum atomic E-state index is -4.06. The summed E-state index contributed by atoms with van der Waals surface area (Å²) < 4.78 is 34.3. The summed E-state index contributed by atoms with van der Waals surface area (Å²) in [6.07, 6.45) is 1.49. The van der Waals surface area contributed by atoms with Crippen molar-refractivity contribution in [3.63, 3.8) is 0 Å². The van der Waals surface area contributed by atoms with Crippen molar-refractivity contribution < 1.29 is 17.9 Å². The molecule has 172 valence electrons. The first kappa shape index (κ1) is 24.6. The Morgan fingerprint density at radius 2 is 1.79 bits per heavy atom. The summed E-state index contributed by atoms with van der Waals surface area (Å²) in [7, 11) is -2.64. The van der Waals surface area contributed by atoms with E-state index in [1.54, 1.807) is 31.2 Å². The molecule has 1 amide bonds. The Morgan fingerprint density at radius 3 is 2.48 bits per heavy atom. The van der Waals surface area contributed by atoms with Crippen molar-refractivity contribution in [1.29, 1.82) is 0 Å². The molecule has 3 aromatic rings. The maximum absolute atomic E-state index is 13.6. The van der Waals surface area contributed by atoms with Gasteiger partial charge in [0, 0.05) is 16.6 Å². The zero-order chi connectivity index (χ0) is 23.8. The van der Waals surface area contributed by atoms with Gasteiger partial charge in [-0.3, -0.25) is 4.79 Å². The van der Waals surface area contributed by atoms with E-state index in [9.17, 15) is 13.2 Å². The number of aryl methyl sites for hydroxylation is 1. The molecular weight excluding hydrogens is 506 g/mol. The van der Waals surface area contributed by atoms with Crippen LogP contribution in [0.1, 0.15) is 16.7 Å². The molecule has 0 saturated carbocycles. The fourth-order valence-electron chi connectivity index (χ4n) is 3.09. The normalized spacial score (nSPS) is 11.6. The van der Waals surface area contributed by atoms with E-state index >= 15 is 0 Å². The highest BCUT2D eigenvalue weighted by molar-refractivity contribution is 9.10. The highest BCUT2D eigenvalue weighted by Gasteiger charge is 2.30. The summed E-state index contributed by atoms with van der Waals surface area (Å²) in [4.78, 5) is 12.6. The van der Waals surface area contributed by atoms with Gasteiger partial charge >= 0.3 is 0 Å². The van der Waals surface area contributed by atoms with Crippen LogP contribution in [0.4, 0.5) is 0 Å². The van der Waals surface area contributed by atoms with Gasteiger partial charge in [0.05, 0.1) is 19.9 Å². The number of nitrogens with one attached hydrogen (secondary N) is 1. The third-order valence-electron chi connectivity index (χ3n) is 4.76. The molecule has 33 heavy (non-hydrogen) atoms. The van der Waals surface area contributed by atoms with Crippen LogP contribution in [0.2, 0.25) is 0 Å². The molecule has 0 radical (unpaired) electrons. The number of rotatable bonds is 9. The number of benzene rings is 3. The molecule has 0 heterocycles. The van der Waals surface area contributed by atoms with E-state index in [0.29, 0.717) is 0 Å². The van der Waals surface area contributed by atoms with Gasteiger partial charge in [0.2, 0.25) is 10.0 Å². The van der Waals surface area contributed by atoms with Crippen LogP contribution < -0.4 is 10.2 Å². The van der Waals surface area contributed by atoms with E-state index in [0.717, 1.165) is 25.5 Å². The van der Waals surface area contributed by atoms with Crippen molar-refractivity contribution in [1.82, 2.24) is 9.73 Å². The van der Waals surface area contributed by atoms with E-state index in [1.165, 1.54) is 19.4 Å². The van der Waals surface area contributed by atoms with E-state index in [2.05, 4.69) is 26.5 Å². The van der Waals surface area contributed by atoms with Gasteiger partial charge in [-0.05, 0) is 36.2 Å². The van der Waals surface area contributed by atoms with Crippen LogP contribution in [-0.4, -0.2) is 38.5 Å². The van der Waals surface area contributed by atoms with E-state index in [-0.39, 0.29) is 17.2 Å². The second kappa shape index (κ2) is 11.2. The molecule has 0 aromatic heterocycles. The van der Waals surface area contributed by atoms with Gasteiger partial charge in [-0.15, -0.1) is 0 Å². The lowest BCUT2D eigenvalue weighted by atomic mass is 10.2. The molecule has 0 aliphatic heterocycles. The van der Waals surface area contributed by atoms with Crippen LogP contribution in [-0.2, 0) is 21.4 Å². The molecule has 0 aliphatic rings. The monoisotopic (exact) mass is 529 g/mol. The highest BCUT2D eigenvalue weighted by atomic mass is 79.9. The topological polar surface area (TPSA) is 88.1 Å². The molecular formula is C24H24BrN3O4S. The average Bonchev–Trinajstić information content (AvgIpc) is 2.80. The number of carbonyl (C=O) groups is 1. The molecule has 0 unspecified atom stereocenters. The molecule has 0 saturated heterocycles. The van der Waals surface area contributed by atoms with Gasteiger partial charge in [-0.1, -0.05) is 70.5 Å². The van der Waals surface area contributed by atoms with Crippen molar-refractivity contribution in [2.45, 2.75) is 18.4 Å². The van der Waals surface area contributed by atoms with Gasteiger partial charge in [0.25, 0.3) is 5.91 Å². The Labute approximate surface area is 202 Å². The fourth-order valence-corrected chi connectivity index (χ4v) is 5.10. The van der Waals surface area contributed by atoms with Crippen molar-refractivity contribution in [2.75, 3.05) is 13.7 Å². The molecule has 3 aromatic carbocycles. The molecule has 9 heteroatoms. The minimum Gasteiger partial charge on any atom is -0.495 e. The Morgan fingerprint density at radius 1 is 1.09 bits per heavy atom. The number of halogens is 1. The molecule has 3 rings (SSSR count). The number of sulfonamides is 1. The van der Waals surface area contributed by atoms with Gasteiger partial charge in [-0.2, -0.15) is 9.41 Å². The van der Waals surface area contributed by atoms with Gasteiger partial charge in [-0.25, -0.2) is 13.8 Å². The zero-order valence-electron chi connectivity index (χ0n) is 18.2. The number of hydrogen-bond donors (Lipinski definition) is 1. The molecule has 7 nitrogen and oxygen atoms in total. The summed E-state index contributed by atoms with van der Waals surface area (Å²) in [6, 6.07) is 21.4. The lowest BCUT2D eigenvalue weighted by Crippen LogP contribution is -2.39. The lowest BCUT2D eigenvalue weighted by molar-refractivity contribution is -0.121. The SMILES string of the molecule is COc1ccc(C)cc1S(=O)(=O)N(CC(=O)N/N=C/c1ccccc1Br)Cc1ccccc1. The first-order valence-electron chi connectivity index (χ1n) is 10.1.